The molecule has 2 rings (SSSR count). The zero-order valence-corrected chi connectivity index (χ0v) is 13.8. The van der Waals surface area contributed by atoms with Crippen molar-refractivity contribution in [2.24, 2.45) is 0 Å². The largest absolute Gasteiger partial charge is 0.381 e. The van der Waals surface area contributed by atoms with E-state index in [1.807, 2.05) is 4.90 Å². The molecule has 0 aromatic heterocycles. The van der Waals surface area contributed by atoms with Gasteiger partial charge in [-0.25, -0.2) is 17.5 Å². The van der Waals surface area contributed by atoms with Crippen LogP contribution in [0.4, 0.5) is 10.1 Å². The van der Waals surface area contributed by atoms with E-state index in [-0.39, 0.29) is 23.7 Å². The van der Waals surface area contributed by atoms with Gasteiger partial charge >= 0.3 is 0 Å². The SMILES string of the molecule is CO[C@@H](C)CS(=O)(=O)N[C@@H]1CCCN(c2ccccc2F)C1. The molecule has 22 heavy (non-hydrogen) atoms. The second kappa shape index (κ2) is 7.39. The van der Waals surface area contributed by atoms with Crippen LogP contribution in [0.25, 0.3) is 0 Å². The molecule has 5 nitrogen and oxygen atoms in total. The zero-order chi connectivity index (χ0) is 16.2. The second-order valence-corrected chi connectivity index (χ2v) is 7.48. The number of hydrogen-bond donors (Lipinski definition) is 1. The molecule has 1 N–H and O–H groups in total. The van der Waals surface area contributed by atoms with E-state index in [0.29, 0.717) is 12.2 Å². The number of methoxy groups -OCH3 is 1. The summed E-state index contributed by atoms with van der Waals surface area (Å²) in [7, 11) is -1.92. The Kier molecular flexibility index (Phi) is 5.77. The third-order valence-corrected chi connectivity index (χ3v) is 5.42. The molecule has 1 saturated heterocycles. The van der Waals surface area contributed by atoms with Crippen molar-refractivity contribution in [1.29, 1.82) is 0 Å². The van der Waals surface area contributed by atoms with Crippen LogP contribution in [0.1, 0.15) is 19.8 Å². The standard InChI is InChI=1S/C15H23FN2O3S/c1-12(21-2)11-22(19,20)17-13-6-5-9-18(10-13)15-8-4-3-7-14(15)16/h3-4,7-8,12-13,17H,5-6,9-11H2,1-2H3/t12-,13+/m0/s1. The van der Waals surface area contributed by atoms with Crippen LogP contribution < -0.4 is 9.62 Å². The maximum absolute atomic E-state index is 13.9. The molecule has 124 valence electrons. The minimum Gasteiger partial charge on any atom is -0.381 e. The average molecular weight is 330 g/mol. The molecule has 2 atom stereocenters. The highest BCUT2D eigenvalue weighted by Crippen LogP contribution is 2.23. The quantitative estimate of drug-likeness (QED) is 0.863. The summed E-state index contributed by atoms with van der Waals surface area (Å²) < 4.78 is 45.8. The molecule has 7 heteroatoms. The third kappa shape index (κ3) is 4.66. The fourth-order valence-corrected chi connectivity index (χ4v) is 4.23. The maximum atomic E-state index is 13.9. The fourth-order valence-electron chi connectivity index (χ4n) is 2.68. The second-order valence-electron chi connectivity index (χ2n) is 5.68. The predicted octanol–water partition coefficient (Wildman–Crippen LogP) is 1.75. The van der Waals surface area contributed by atoms with Crippen LogP contribution in [0, 0.1) is 5.82 Å². The van der Waals surface area contributed by atoms with Crippen LogP contribution in [0.5, 0.6) is 0 Å². The van der Waals surface area contributed by atoms with Crippen molar-refractivity contribution in [1.82, 2.24) is 4.72 Å². The van der Waals surface area contributed by atoms with Crippen molar-refractivity contribution in [2.75, 3.05) is 30.9 Å². The van der Waals surface area contributed by atoms with E-state index < -0.39 is 10.0 Å². The molecule has 0 unspecified atom stereocenters. The number of sulfonamides is 1. The number of halogens is 1. The summed E-state index contributed by atoms with van der Waals surface area (Å²) in [6.45, 7) is 2.92. The summed E-state index contributed by atoms with van der Waals surface area (Å²) >= 11 is 0. The number of nitrogens with zero attached hydrogens (tertiary/aromatic N) is 1. The summed E-state index contributed by atoms with van der Waals surface area (Å²) in [4.78, 5) is 1.89. The highest BCUT2D eigenvalue weighted by molar-refractivity contribution is 7.89. The number of nitrogens with one attached hydrogen (secondary N) is 1. The summed E-state index contributed by atoms with van der Waals surface area (Å²) in [5, 5.41) is 0. The zero-order valence-electron chi connectivity index (χ0n) is 13.0. The van der Waals surface area contributed by atoms with E-state index in [2.05, 4.69) is 4.72 Å². The molecule has 1 aliphatic heterocycles. The van der Waals surface area contributed by atoms with Gasteiger partial charge in [0, 0.05) is 26.2 Å². The van der Waals surface area contributed by atoms with Gasteiger partial charge in [-0.15, -0.1) is 0 Å². The van der Waals surface area contributed by atoms with Crippen molar-refractivity contribution in [3.8, 4) is 0 Å². The molecule has 0 aliphatic carbocycles. The number of anilines is 1. The highest BCUT2D eigenvalue weighted by atomic mass is 32.2. The lowest BCUT2D eigenvalue weighted by Crippen LogP contribution is -2.49. The van der Waals surface area contributed by atoms with Crippen LogP contribution in [0.2, 0.25) is 0 Å². The molecule has 0 amide bonds. The Morgan fingerprint density at radius 2 is 2.18 bits per heavy atom. The lowest BCUT2D eigenvalue weighted by molar-refractivity contribution is 0.136. The van der Waals surface area contributed by atoms with Crippen molar-refractivity contribution in [3.63, 3.8) is 0 Å². The minimum absolute atomic E-state index is 0.0697. The first-order valence-corrected chi connectivity index (χ1v) is 9.09. The van der Waals surface area contributed by atoms with Gasteiger partial charge in [0.15, 0.2) is 0 Å². The average Bonchev–Trinajstić information content (AvgIpc) is 2.46. The number of rotatable bonds is 6. The summed E-state index contributed by atoms with van der Waals surface area (Å²) in [5.74, 6) is -0.348. The predicted molar refractivity (Wildman–Crippen MR) is 85.0 cm³/mol. The van der Waals surface area contributed by atoms with Gasteiger partial charge in [-0.3, -0.25) is 0 Å². The maximum Gasteiger partial charge on any atom is 0.214 e. The van der Waals surface area contributed by atoms with Crippen molar-refractivity contribution in [3.05, 3.63) is 30.1 Å². The molecular formula is C15H23FN2O3S. The molecule has 0 saturated carbocycles. The van der Waals surface area contributed by atoms with Gasteiger partial charge in [-0.1, -0.05) is 12.1 Å². The van der Waals surface area contributed by atoms with Crippen molar-refractivity contribution in [2.45, 2.75) is 31.9 Å². The highest BCUT2D eigenvalue weighted by Gasteiger charge is 2.26. The molecule has 1 aliphatic rings. The molecule has 1 aromatic rings. The molecule has 0 radical (unpaired) electrons. The van der Waals surface area contributed by atoms with Crippen molar-refractivity contribution < 1.29 is 17.5 Å². The topological polar surface area (TPSA) is 58.6 Å². The Bertz CT molecular complexity index is 594. The lowest BCUT2D eigenvalue weighted by Gasteiger charge is -2.34. The lowest BCUT2D eigenvalue weighted by atomic mass is 10.1. The number of para-hydroxylation sites is 1. The first kappa shape index (κ1) is 17.2. The van der Waals surface area contributed by atoms with Crippen LogP contribution in [-0.4, -0.2) is 46.5 Å². The first-order chi connectivity index (χ1) is 10.4. The van der Waals surface area contributed by atoms with Crippen LogP contribution in [0.15, 0.2) is 24.3 Å². The number of benzene rings is 1. The molecular weight excluding hydrogens is 307 g/mol. The molecule has 1 fully saturated rings. The van der Waals surface area contributed by atoms with Gasteiger partial charge in [0.05, 0.1) is 17.5 Å². The van der Waals surface area contributed by atoms with Crippen LogP contribution in [-0.2, 0) is 14.8 Å². The Morgan fingerprint density at radius 3 is 2.86 bits per heavy atom. The van der Waals surface area contributed by atoms with Crippen molar-refractivity contribution >= 4 is 15.7 Å². The molecule has 1 heterocycles. The number of ether oxygens (including phenoxy) is 1. The Hall–Kier alpha value is -1.18. The van der Waals surface area contributed by atoms with Gasteiger partial charge in [0.25, 0.3) is 0 Å². The van der Waals surface area contributed by atoms with E-state index in [4.69, 9.17) is 4.74 Å². The van der Waals surface area contributed by atoms with Gasteiger partial charge in [-0.2, -0.15) is 0 Å². The van der Waals surface area contributed by atoms with E-state index in [9.17, 15) is 12.8 Å². The van der Waals surface area contributed by atoms with E-state index in [1.165, 1.54) is 13.2 Å². The van der Waals surface area contributed by atoms with Gasteiger partial charge in [0.2, 0.25) is 10.0 Å². The fraction of sp³-hybridized carbons (Fsp3) is 0.600. The normalized spacial score (nSPS) is 20.9. The third-order valence-electron chi connectivity index (χ3n) is 3.82. The Labute approximate surface area is 131 Å². The smallest absolute Gasteiger partial charge is 0.214 e. The minimum atomic E-state index is -3.40. The van der Waals surface area contributed by atoms with Crippen LogP contribution in [0.3, 0.4) is 0 Å². The molecule has 1 aromatic carbocycles. The summed E-state index contributed by atoms with van der Waals surface area (Å²) in [5.41, 5.74) is 0.525. The first-order valence-electron chi connectivity index (χ1n) is 7.43. The molecule has 0 bridgehead atoms. The Balaban J connectivity index is 2.01. The van der Waals surface area contributed by atoms with E-state index in [1.54, 1.807) is 25.1 Å². The number of hydrogen-bond acceptors (Lipinski definition) is 4. The monoisotopic (exact) mass is 330 g/mol. The van der Waals surface area contributed by atoms with Crippen LogP contribution >= 0.6 is 0 Å². The van der Waals surface area contributed by atoms with Gasteiger partial charge in [0.1, 0.15) is 5.82 Å². The number of piperidine rings is 1. The van der Waals surface area contributed by atoms with Gasteiger partial charge in [-0.05, 0) is 31.9 Å². The molecule has 0 spiro atoms. The van der Waals surface area contributed by atoms with Gasteiger partial charge < -0.3 is 9.64 Å². The summed E-state index contributed by atoms with van der Waals surface area (Å²) in [6, 6.07) is 6.37. The summed E-state index contributed by atoms with van der Waals surface area (Å²) in [6.07, 6.45) is 1.22. The Morgan fingerprint density at radius 1 is 1.45 bits per heavy atom. The van der Waals surface area contributed by atoms with E-state index >= 15 is 0 Å². The van der Waals surface area contributed by atoms with E-state index in [0.717, 1.165) is 19.4 Å².